The number of ether oxygens (including phenoxy) is 1. The van der Waals surface area contributed by atoms with Gasteiger partial charge in [-0.25, -0.2) is 9.78 Å². The van der Waals surface area contributed by atoms with Crippen LogP contribution in [0.2, 0.25) is 0 Å². The fourth-order valence-electron chi connectivity index (χ4n) is 3.03. The van der Waals surface area contributed by atoms with Crippen molar-refractivity contribution in [2.75, 3.05) is 31.6 Å². The number of amides is 4. The quantitative estimate of drug-likeness (QED) is 0.440. The predicted octanol–water partition coefficient (Wildman–Crippen LogP) is 1.54. The Kier molecular flexibility index (Phi) is 7.79. The number of amidine groups is 1. The molecule has 4 N–H and O–H groups in total. The fraction of sp³-hybridized carbons (Fsp3) is 0.286. The van der Waals surface area contributed by atoms with Gasteiger partial charge in [0.15, 0.2) is 0 Å². The van der Waals surface area contributed by atoms with Crippen LogP contribution in [-0.4, -0.2) is 72.1 Å². The molecule has 1 aromatic carbocycles. The molecule has 2 heterocycles. The standard InChI is InChI=1S/C21H21F3N6O4/c22-21(23,24)19(32)29-17(25)14-6-7-16(26-10-14)28-20(33)30-8-9-34-12-15(30)11-27-18(31)13-4-2-1-3-5-13/h1-7,10,15H,8-9,11-12H2,(H,27,31)(H2,25,29,32)(H,26,28,33). The number of aromatic nitrogens is 1. The molecular weight excluding hydrogens is 457 g/mol. The highest BCUT2D eigenvalue weighted by Gasteiger charge is 2.38. The van der Waals surface area contributed by atoms with Gasteiger partial charge in [-0.05, 0) is 24.3 Å². The van der Waals surface area contributed by atoms with E-state index in [1.807, 2.05) is 0 Å². The summed E-state index contributed by atoms with van der Waals surface area (Å²) < 4.78 is 42.4. The molecule has 3 rings (SSSR count). The van der Waals surface area contributed by atoms with Gasteiger partial charge in [-0.15, -0.1) is 0 Å². The molecule has 1 fully saturated rings. The van der Waals surface area contributed by atoms with Crippen LogP contribution < -0.4 is 16.4 Å². The highest BCUT2D eigenvalue weighted by Crippen LogP contribution is 2.17. The summed E-state index contributed by atoms with van der Waals surface area (Å²) in [6.07, 6.45) is -4.06. The van der Waals surface area contributed by atoms with Gasteiger partial charge in [-0.3, -0.25) is 14.9 Å². The number of halogens is 3. The van der Waals surface area contributed by atoms with Gasteiger partial charge in [0.1, 0.15) is 11.7 Å². The normalized spacial score (nSPS) is 16.6. The lowest BCUT2D eigenvalue weighted by molar-refractivity contribution is -0.169. The molecule has 0 saturated carbocycles. The second kappa shape index (κ2) is 10.7. The van der Waals surface area contributed by atoms with E-state index in [2.05, 4.69) is 20.6 Å². The molecule has 1 unspecified atom stereocenters. The van der Waals surface area contributed by atoms with Crippen molar-refractivity contribution in [3.05, 3.63) is 59.8 Å². The van der Waals surface area contributed by atoms with Crippen molar-refractivity contribution >= 4 is 29.5 Å². The highest BCUT2D eigenvalue weighted by molar-refractivity contribution is 6.05. The van der Waals surface area contributed by atoms with E-state index in [4.69, 9.17) is 10.5 Å². The number of carbonyl (C=O) groups excluding carboxylic acids is 3. The number of carbonyl (C=O) groups is 3. The number of nitrogens with zero attached hydrogens (tertiary/aromatic N) is 3. The molecule has 0 bridgehead atoms. The molecule has 180 valence electrons. The Morgan fingerprint density at radius 2 is 1.88 bits per heavy atom. The van der Waals surface area contributed by atoms with Crippen LogP contribution in [0.5, 0.6) is 0 Å². The van der Waals surface area contributed by atoms with Crippen LogP contribution in [0.1, 0.15) is 15.9 Å². The van der Waals surface area contributed by atoms with E-state index in [-0.39, 0.29) is 37.0 Å². The summed E-state index contributed by atoms with van der Waals surface area (Å²) in [5.41, 5.74) is 5.88. The van der Waals surface area contributed by atoms with Gasteiger partial charge in [0, 0.05) is 30.4 Å². The van der Waals surface area contributed by atoms with Gasteiger partial charge < -0.3 is 20.7 Å². The molecule has 1 aromatic heterocycles. The Morgan fingerprint density at radius 3 is 2.53 bits per heavy atom. The van der Waals surface area contributed by atoms with Crippen LogP contribution in [0, 0.1) is 0 Å². The maximum atomic E-state index is 12.8. The van der Waals surface area contributed by atoms with Crippen LogP contribution in [0.3, 0.4) is 0 Å². The van der Waals surface area contributed by atoms with Gasteiger partial charge in [0.05, 0.1) is 19.3 Å². The zero-order chi connectivity index (χ0) is 24.7. The number of morpholine rings is 1. The van der Waals surface area contributed by atoms with Crippen LogP contribution in [0.15, 0.2) is 53.7 Å². The van der Waals surface area contributed by atoms with Crippen LogP contribution in [-0.2, 0) is 9.53 Å². The largest absolute Gasteiger partial charge is 0.473 e. The lowest BCUT2D eigenvalue weighted by Gasteiger charge is -2.35. The third kappa shape index (κ3) is 6.51. The van der Waals surface area contributed by atoms with Crippen molar-refractivity contribution in [2.45, 2.75) is 12.2 Å². The van der Waals surface area contributed by atoms with Crippen LogP contribution in [0.25, 0.3) is 0 Å². The summed E-state index contributed by atoms with van der Waals surface area (Å²) in [5.74, 6) is -3.18. The molecule has 2 aromatic rings. The molecular formula is C21H21F3N6O4. The Balaban J connectivity index is 1.60. The van der Waals surface area contributed by atoms with E-state index < -0.39 is 30.0 Å². The van der Waals surface area contributed by atoms with Crippen molar-refractivity contribution < 1.29 is 32.3 Å². The summed E-state index contributed by atoms with van der Waals surface area (Å²) in [7, 11) is 0. The lowest BCUT2D eigenvalue weighted by Crippen LogP contribution is -2.54. The van der Waals surface area contributed by atoms with E-state index in [9.17, 15) is 27.6 Å². The molecule has 34 heavy (non-hydrogen) atoms. The minimum absolute atomic E-state index is 0.0246. The SMILES string of the molecule is NC(=NC(=O)C(F)(F)F)c1ccc(NC(=O)N2CCOCC2CNC(=O)c2ccccc2)nc1. The summed E-state index contributed by atoms with van der Waals surface area (Å²) in [6, 6.07) is 10.2. The number of hydrogen-bond donors (Lipinski definition) is 3. The molecule has 1 saturated heterocycles. The second-order valence-electron chi connectivity index (χ2n) is 7.16. The second-order valence-corrected chi connectivity index (χ2v) is 7.16. The molecule has 0 radical (unpaired) electrons. The number of hydrogen-bond acceptors (Lipinski definition) is 5. The van der Waals surface area contributed by atoms with Crippen molar-refractivity contribution in [3.8, 4) is 0 Å². The fourth-order valence-corrected chi connectivity index (χ4v) is 3.03. The number of aliphatic imine (C=N–C) groups is 1. The Bertz CT molecular complexity index is 1060. The highest BCUT2D eigenvalue weighted by atomic mass is 19.4. The number of nitrogens with one attached hydrogen (secondary N) is 2. The van der Waals surface area contributed by atoms with Crippen molar-refractivity contribution in [1.29, 1.82) is 0 Å². The van der Waals surface area contributed by atoms with Gasteiger partial charge in [-0.1, -0.05) is 18.2 Å². The monoisotopic (exact) mass is 478 g/mol. The number of rotatable bonds is 5. The average Bonchev–Trinajstić information content (AvgIpc) is 2.83. The molecule has 1 atom stereocenters. The third-order valence-electron chi connectivity index (χ3n) is 4.78. The molecule has 4 amide bonds. The first kappa shape index (κ1) is 24.6. The molecule has 0 aliphatic carbocycles. The molecule has 13 heteroatoms. The maximum absolute atomic E-state index is 12.8. The molecule has 1 aliphatic heterocycles. The number of alkyl halides is 3. The summed E-state index contributed by atoms with van der Waals surface area (Å²) in [6.45, 7) is 0.959. The summed E-state index contributed by atoms with van der Waals surface area (Å²) >= 11 is 0. The Hall–Kier alpha value is -4.00. The van der Waals surface area contributed by atoms with Crippen LogP contribution >= 0.6 is 0 Å². The first-order valence-electron chi connectivity index (χ1n) is 10.1. The van der Waals surface area contributed by atoms with Crippen LogP contribution in [0.4, 0.5) is 23.8 Å². The topological polar surface area (TPSA) is 139 Å². The Labute approximate surface area is 192 Å². The van der Waals surface area contributed by atoms with Crippen molar-refractivity contribution in [1.82, 2.24) is 15.2 Å². The average molecular weight is 478 g/mol. The van der Waals surface area contributed by atoms with Gasteiger partial charge in [-0.2, -0.15) is 18.2 Å². The van der Waals surface area contributed by atoms with E-state index in [1.54, 1.807) is 30.3 Å². The zero-order valence-electron chi connectivity index (χ0n) is 17.7. The van der Waals surface area contributed by atoms with Gasteiger partial charge in [0.2, 0.25) is 0 Å². The van der Waals surface area contributed by atoms with E-state index >= 15 is 0 Å². The summed E-state index contributed by atoms with van der Waals surface area (Å²) in [4.78, 5) is 44.2. The van der Waals surface area contributed by atoms with Gasteiger partial charge >= 0.3 is 18.1 Å². The number of nitrogens with two attached hydrogens (primary N) is 1. The lowest BCUT2D eigenvalue weighted by atomic mass is 10.2. The predicted molar refractivity (Wildman–Crippen MR) is 115 cm³/mol. The number of pyridine rings is 1. The summed E-state index contributed by atoms with van der Waals surface area (Å²) in [5, 5.41) is 5.34. The number of urea groups is 1. The van der Waals surface area contributed by atoms with Crippen molar-refractivity contribution in [2.24, 2.45) is 10.7 Å². The first-order valence-corrected chi connectivity index (χ1v) is 10.1. The molecule has 10 nitrogen and oxygen atoms in total. The zero-order valence-corrected chi connectivity index (χ0v) is 17.7. The van der Waals surface area contributed by atoms with E-state index in [1.165, 1.54) is 17.0 Å². The van der Waals surface area contributed by atoms with Crippen molar-refractivity contribution in [3.63, 3.8) is 0 Å². The Morgan fingerprint density at radius 1 is 1.15 bits per heavy atom. The van der Waals surface area contributed by atoms with E-state index in [0.29, 0.717) is 12.2 Å². The number of benzene rings is 1. The van der Waals surface area contributed by atoms with E-state index in [0.717, 1.165) is 6.20 Å². The van der Waals surface area contributed by atoms with Gasteiger partial charge in [0.25, 0.3) is 5.91 Å². The molecule has 1 aliphatic rings. The molecule has 0 spiro atoms. The maximum Gasteiger partial charge on any atom is 0.473 e. The minimum atomic E-state index is -5.14. The third-order valence-corrected chi connectivity index (χ3v) is 4.78. The smallest absolute Gasteiger partial charge is 0.383 e. The minimum Gasteiger partial charge on any atom is -0.383 e. The number of anilines is 1. The first-order chi connectivity index (χ1) is 16.1.